The first-order valence-electron chi connectivity index (χ1n) is 6.41. The molecule has 0 radical (unpaired) electrons. The third kappa shape index (κ3) is 4.44. The Balaban J connectivity index is 2.03. The van der Waals surface area contributed by atoms with Crippen LogP contribution in [0.4, 0.5) is 4.39 Å². The molecule has 106 valence electrons. The number of aliphatic hydroxyl groups excluding tert-OH is 1. The second-order valence-corrected chi connectivity index (χ2v) is 4.35. The van der Waals surface area contributed by atoms with Gasteiger partial charge >= 0.3 is 0 Å². The summed E-state index contributed by atoms with van der Waals surface area (Å²) in [6.07, 6.45) is 0. The van der Waals surface area contributed by atoms with Gasteiger partial charge in [0.25, 0.3) is 5.91 Å². The number of hydrogen-bond acceptors (Lipinski definition) is 2. The van der Waals surface area contributed by atoms with Crippen molar-refractivity contribution in [2.45, 2.75) is 6.54 Å². The van der Waals surface area contributed by atoms with Crippen LogP contribution in [-0.4, -0.2) is 17.6 Å². The number of carbonyl (C=O) groups excluding carboxylic acids is 1. The van der Waals surface area contributed by atoms with Gasteiger partial charge in [0.05, 0.1) is 0 Å². The third-order valence-corrected chi connectivity index (χ3v) is 2.78. The fourth-order valence-corrected chi connectivity index (χ4v) is 1.81. The van der Waals surface area contributed by atoms with E-state index in [1.165, 1.54) is 12.1 Å². The van der Waals surface area contributed by atoms with Crippen LogP contribution < -0.4 is 5.32 Å². The predicted molar refractivity (Wildman–Crippen MR) is 78.0 cm³/mol. The smallest absolute Gasteiger partial charge is 0.251 e. The summed E-state index contributed by atoms with van der Waals surface area (Å²) in [4.78, 5) is 12.0. The lowest BCUT2D eigenvalue weighted by molar-refractivity contribution is 0.0951. The van der Waals surface area contributed by atoms with Gasteiger partial charge in [-0.2, -0.15) is 0 Å². The van der Waals surface area contributed by atoms with E-state index in [4.69, 9.17) is 5.11 Å². The molecule has 0 aliphatic carbocycles. The zero-order valence-electron chi connectivity index (χ0n) is 11.3. The van der Waals surface area contributed by atoms with Gasteiger partial charge in [0.1, 0.15) is 12.4 Å². The van der Waals surface area contributed by atoms with E-state index in [0.717, 1.165) is 0 Å². The summed E-state index contributed by atoms with van der Waals surface area (Å²) >= 11 is 0. The van der Waals surface area contributed by atoms with Crippen LogP contribution in [0.3, 0.4) is 0 Å². The molecule has 3 nitrogen and oxygen atoms in total. The molecular formula is C17H14FNO2. The quantitative estimate of drug-likeness (QED) is 0.848. The fraction of sp³-hybridized carbons (Fsp3) is 0.118. The third-order valence-electron chi connectivity index (χ3n) is 2.78. The largest absolute Gasteiger partial charge is 0.384 e. The van der Waals surface area contributed by atoms with Crippen molar-refractivity contribution >= 4 is 5.91 Å². The van der Waals surface area contributed by atoms with E-state index in [9.17, 15) is 9.18 Å². The predicted octanol–water partition coefficient (Wildman–Crippen LogP) is 2.10. The van der Waals surface area contributed by atoms with Gasteiger partial charge in [-0.05, 0) is 35.9 Å². The van der Waals surface area contributed by atoms with Gasteiger partial charge in [0.2, 0.25) is 0 Å². The molecule has 2 aromatic carbocycles. The Bertz CT molecular complexity index is 701. The van der Waals surface area contributed by atoms with Crippen molar-refractivity contribution < 1.29 is 14.3 Å². The van der Waals surface area contributed by atoms with E-state index in [1.807, 2.05) is 0 Å². The molecular weight excluding hydrogens is 269 g/mol. The number of hydrogen-bond donors (Lipinski definition) is 2. The molecule has 21 heavy (non-hydrogen) atoms. The van der Waals surface area contributed by atoms with E-state index >= 15 is 0 Å². The summed E-state index contributed by atoms with van der Waals surface area (Å²) in [7, 11) is 0. The summed E-state index contributed by atoms with van der Waals surface area (Å²) in [5, 5.41) is 11.4. The number of rotatable bonds is 3. The van der Waals surface area contributed by atoms with Gasteiger partial charge in [-0.15, -0.1) is 0 Å². The first kappa shape index (κ1) is 14.8. The van der Waals surface area contributed by atoms with Crippen LogP contribution in [0.1, 0.15) is 21.5 Å². The fourth-order valence-electron chi connectivity index (χ4n) is 1.81. The summed E-state index contributed by atoms with van der Waals surface area (Å²) < 4.78 is 13.0. The van der Waals surface area contributed by atoms with Gasteiger partial charge in [-0.1, -0.05) is 30.0 Å². The number of aliphatic hydroxyl groups is 1. The molecule has 0 atom stereocenters. The van der Waals surface area contributed by atoms with Crippen molar-refractivity contribution in [1.82, 2.24) is 5.32 Å². The Morgan fingerprint density at radius 3 is 2.76 bits per heavy atom. The first-order valence-corrected chi connectivity index (χ1v) is 6.41. The maximum atomic E-state index is 13.0. The van der Waals surface area contributed by atoms with Crippen LogP contribution in [-0.2, 0) is 6.54 Å². The first-order chi connectivity index (χ1) is 10.2. The molecule has 0 aliphatic rings. The van der Waals surface area contributed by atoms with Crippen molar-refractivity contribution in [3.05, 3.63) is 71.0 Å². The highest BCUT2D eigenvalue weighted by molar-refractivity contribution is 5.94. The van der Waals surface area contributed by atoms with Crippen molar-refractivity contribution in [1.29, 1.82) is 0 Å². The zero-order valence-corrected chi connectivity index (χ0v) is 11.3. The normalized spacial score (nSPS) is 9.62. The lowest BCUT2D eigenvalue weighted by Gasteiger charge is -2.06. The van der Waals surface area contributed by atoms with Crippen LogP contribution in [0, 0.1) is 17.7 Å². The second kappa shape index (κ2) is 7.22. The molecule has 0 aromatic heterocycles. The highest BCUT2D eigenvalue weighted by atomic mass is 19.1. The van der Waals surface area contributed by atoms with Crippen LogP contribution in [0.5, 0.6) is 0 Å². The molecule has 4 heteroatoms. The Hall–Kier alpha value is -2.64. The van der Waals surface area contributed by atoms with E-state index in [-0.39, 0.29) is 24.9 Å². The Morgan fingerprint density at radius 1 is 1.19 bits per heavy atom. The van der Waals surface area contributed by atoms with E-state index < -0.39 is 0 Å². The second-order valence-electron chi connectivity index (χ2n) is 4.35. The zero-order chi connectivity index (χ0) is 15.1. The average Bonchev–Trinajstić information content (AvgIpc) is 2.51. The molecule has 0 spiro atoms. The molecule has 2 rings (SSSR count). The van der Waals surface area contributed by atoms with Crippen LogP contribution in [0.2, 0.25) is 0 Å². The molecule has 0 bridgehead atoms. The maximum absolute atomic E-state index is 13.0. The summed E-state index contributed by atoms with van der Waals surface area (Å²) in [5.41, 5.74) is 1.82. The van der Waals surface area contributed by atoms with Crippen LogP contribution in [0.15, 0.2) is 48.5 Å². The minimum atomic E-state index is -0.331. The molecule has 0 fully saturated rings. The lowest BCUT2D eigenvalue weighted by Crippen LogP contribution is -2.22. The SMILES string of the molecule is O=C(NCc1cccc(F)c1)c1cccc(C#CCO)c1. The highest BCUT2D eigenvalue weighted by Crippen LogP contribution is 2.06. The maximum Gasteiger partial charge on any atom is 0.251 e. The van der Waals surface area contributed by atoms with Crippen molar-refractivity contribution in [2.75, 3.05) is 6.61 Å². The number of carbonyl (C=O) groups is 1. The average molecular weight is 283 g/mol. The number of halogens is 1. The molecule has 1 amide bonds. The highest BCUT2D eigenvalue weighted by Gasteiger charge is 2.05. The van der Waals surface area contributed by atoms with Crippen molar-refractivity contribution in [3.63, 3.8) is 0 Å². The molecule has 0 saturated heterocycles. The Morgan fingerprint density at radius 2 is 2.00 bits per heavy atom. The minimum Gasteiger partial charge on any atom is -0.384 e. The molecule has 2 N–H and O–H groups in total. The molecule has 0 aliphatic heterocycles. The Kier molecular flexibility index (Phi) is 5.08. The monoisotopic (exact) mass is 283 g/mol. The standard InChI is InChI=1S/C17H14FNO2/c18-16-8-2-5-14(11-16)12-19-17(21)15-7-1-4-13(10-15)6-3-9-20/h1-2,4-5,7-8,10-11,20H,9,12H2,(H,19,21). The van der Waals surface area contributed by atoms with Crippen molar-refractivity contribution in [2.24, 2.45) is 0 Å². The molecule has 0 heterocycles. The van der Waals surface area contributed by atoms with Crippen molar-refractivity contribution in [3.8, 4) is 11.8 Å². The molecule has 2 aromatic rings. The number of benzene rings is 2. The summed E-state index contributed by atoms with van der Waals surface area (Å²) in [5.74, 6) is 4.68. The molecule has 0 saturated carbocycles. The van der Waals surface area contributed by atoms with Gasteiger partial charge < -0.3 is 10.4 Å². The summed E-state index contributed by atoms with van der Waals surface area (Å²) in [6, 6.07) is 12.9. The van der Waals surface area contributed by atoms with Crippen LogP contribution in [0.25, 0.3) is 0 Å². The van der Waals surface area contributed by atoms with Gasteiger partial charge in [0.15, 0.2) is 0 Å². The Labute approximate surface area is 122 Å². The van der Waals surface area contributed by atoms with E-state index in [0.29, 0.717) is 16.7 Å². The van der Waals surface area contributed by atoms with Crippen LogP contribution >= 0.6 is 0 Å². The van der Waals surface area contributed by atoms with Gasteiger partial charge in [-0.25, -0.2) is 4.39 Å². The van der Waals surface area contributed by atoms with Gasteiger partial charge in [0, 0.05) is 17.7 Å². The van der Waals surface area contributed by atoms with E-state index in [1.54, 1.807) is 36.4 Å². The van der Waals surface area contributed by atoms with Gasteiger partial charge in [-0.3, -0.25) is 4.79 Å². The van der Waals surface area contributed by atoms with E-state index in [2.05, 4.69) is 17.2 Å². The molecule has 0 unspecified atom stereocenters. The number of nitrogens with one attached hydrogen (secondary N) is 1. The topological polar surface area (TPSA) is 49.3 Å². The summed E-state index contributed by atoms with van der Waals surface area (Å²) in [6.45, 7) is 0.0269. The lowest BCUT2D eigenvalue weighted by atomic mass is 10.1. The number of amides is 1. The minimum absolute atomic E-state index is 0.226.